The van der Waals surface area contributed by atoms with Crippen LogP contribution < -0.4 is 0 Å². The summed E-state index contributed by atoms with van der Waals surface area (Å²) in [7, 11) is 0. The number of likely N-dealkylation sites (tertiary alicyclic amines) is 1. The Morgan fingerprint density at radius 3 is 2.17 bits per heavy atom. The highest BCUT2D eigenvalue weighted by Gasteiger charge is 2.35. The molecular formula is C20H37NO3. The van der Waals surface area contributed by atoms with Crippen LogP contribution in [0.3, 0.4) is 0 Å². The molecule has 1 aliphatic heterocycles. The third kappa shape index (κ3) is 8.16. The van der Waals surface area contributed by atoms with Gasteiger partial charge in [-0.1, -0.05) is 78.1 Å². The number of nitrogens with zero attached hydrogens (tertiary/aromatic N) is 1. The van der Waals surface area contributed by atoms with E-state index in [1.807, 2.05) is 0 Å². The van der Waals surface area contributed by atoms with Gasteiger partial charge in [-0.25, -0.2) is 0 Å². The number of carboxylic acid groups (broad SMARTS) is 1. The molecule has 4 nitrogen and oxygen atoms in total. The van der Waals surface area contributed by atoms with Gasteiger partial charge in [-0.2, -0.15) is 0 Å². The predicted molar refractivity (Wildman–Crippen MR) is 97.9 cm³/mol. The van der Waals surface area contributed by atoms with Gasteiger partial charge in [0.05, 0.1) is 0 Å². The van der Waals surface area contributed by atoms with Gasteiger partial charge in [0.25, 0.3) is 0 Å². The molecule has 1 aliphatic rings. The Bertz CT molecular complexity index is 370. The molecule has 4 heteroatoms. The van der Waals surface area contributed by atoms with E-state index in [0.717, 1.165) is 12.8 Å². The van der Waals surface area contributed by atoms with Crippen LogP contribution in [0.15, 0.2) is 0 Å². The molecule has 0 aromatic carbocycles. The Hall–Kier alpha value is -1.06. The average Bonchev–Trinajstić information content (AvgIpc) is 2.89. The van der Waals surface area contributed by atoms with E-state index in [0.29, 0.717) is 12.5 Å². The molecule has 0 aromatic rings. The number of unbranched alkanes of at least 4 members (excludes halogenated alkanes) is 9. The maximum atomic E-state index is 12.2. The zero-order valence-corrected chi connectivity index (χ0v) is 15.8. The number of amides is 1. The van der Waals surface area contributed by atoms with Gasteiger partial charge >= 0.3 is 5.97 Å². The van der Waals surface area contributed by atoms with Crippen molar-refractivity contribution in [3.05, 3.63) is 0 Å². The normalized spacial score (nSPS) is 19.0. The summed E-state index contributed by atoms with van der Waals surface area (Å²) in [4.78, 5) is 24.5. The van der Waals surface area contributed by atoms with Crippen LogP contribution in [0.1, 0.15) is 90.9 Å². The quantitative estimate of drug-likeness (QED) is 0.459. The summed E-state index contributed by atoms with van der Waals surface area (Å²) in [6.45, 7) is 4.88. The SMILES string of the molecule is CCCCCCCCCCCCC(C)C1CCN(CC(=O)O)C1=O. The van der Waals surface area contributed by atoms with Crippen molar-refractivity contribution in [2.24, 2.45) is 11.8 Å². The van der Waals surface area contributed by atoms with E-state index in [9.17, 15) is 9.59 Å². The molecule has 0 spiro atoms. The highest BCUT2D eigenvalue weighted by atomic mass is 16.4. The van der Waals surface area contributed by atoms with Crippen molar-refractivity contribution in [1.82, 2.24) is 4.90 Å². The third-order valence-corrected chi connectivity index (χ3v) is 5.36. The predicted octanol–water partition coefficient (Wildman–Crippen LogP) is 4.87. The van der Waals surface area contributed by atoms with Crippen LogP contribution in [0, 0.1) is 11.8 Å². The first-order valence-corrected chi connectivity index (χ1v) is 10.1. The second-order valence-corrected chi connectivity index (χ2v) is 7.50. The molecule has 2 unspecified atom stereocenters. The maximum absolute atomic E-state index is 12.2. The van der Waals surface area contributed by atoms with Crippen molar-refractivity contribution in [1.29, 1.82) is 0 Å². The fraction of sp³-hybridized carbons (Fsp3) is 0.900. The Kier molecular flexibility index (Phi) is 10.8. The van der Waals surface area contributed by atoms with Crippen LogP contribution in [0.4, 0.5) is 0 Å². The van der Waals surface area contributed by atoms with Crippen LogP contribution in [0.25, 0.3) is 0 Å². The zero-order valence-electron chi connectivity index (χ0n) is 15.8. The van der Waals surface area contributed by atoms with Gasteiger partial charge in [-0.3, -0.25) is 9.59 Å². The van der Waals surface area contributed by atoms with Crippen molar-refractivity contribution < 1.29 is 14.7 Å². The Morgan fingerprint density at radius 1 is 1.08 bits per heavy atom. The molecule has 1 amide bonds. The van der Waals surface area contributed by atoms with Crippen molar-refractivity contribution in [3.8, 4) is 0 Å². The summed E-state index contributed by atoms with van der Waals surface area (Å²) < 4.78 is 0. The zero-order chi connectivity index (χ0) is 17.8. The van der Waals surface area contributed by atoms with Crippen LogP contribution in [-0.2, 0) is 9.59 Å². The first kappa shape index (κ1) is 21.0. The average molecular weight is 340 g/mol. The summed E-state index contributed by atoms with van der Waals surface area (Å²) in [6, 6.07) is 0. The van der Waals surface area contributed by atoms with Crippen LogP contribution in [0.2, 0.25) is 0 Å². The highest BCUT2D eigenvalue weighted by molar-refractivity contribution is 5.84. The molecule has 0 saturated carbocycles. The molecule has 24 heavy (non-hydrogen) atoms. The molecule has 0 aliphatic carbocycles. The highest BCUT2D eigenvalue weighted by Crippen LogP contribution is 2.29. The van der Waals surface area contributed by atoms with Gasteiger partial charge in [-0.05, 0) is 18.8 Å². The van der Waals surface area contributed by atoms with E-state index in [1.165, 1.54) is 69.1 Å². The van der Waals surface area contributed by atoms with Gasteiger partial charge in [0.1, 0.15) is 6.54 Å². The smallest absolute Gasteiger partial charge is 0.323 e. The molecular weight excluding hydrogens is 302 g/mol. The lowest BCUT2D eigenvalue weighted by Gasteiger charge is -2.19. The molecule has 140 valence electrons. The van der Waals surface area contributed by atoms with Crippen LogP contribution in [0.5, 0.6) is 0 Å². The lowest BCUT2D eigenvalue weighted by atomic mass is 9.88. The Labute approximate surface area is 148 Å². The van der Waals surface area contributed by atoms with E-state index >= 15 is 0 Å². The number of carbonyl (C=O) groups is 2. The summed E-state index contributed by atoms with van der Waals surface area (Å²) >= 11 is 0. The van der Waals surface area contributed by atoms with Crippen LogP contribution >= 0.6 is 0 Å². The van der Waals surface area contributed by atoms with Crippen molar-refractivity contribution in [3.63, 3.8) is 0 Å². The number of hydrogen-bond acceptors (Lipinski definition) is 2. The molecule has 0 radical (unpaired) electrons. The minimum absolute atomic E-state index is 0.0444. The topological polar surface area (TPSA) is 57.6 Å². The molecule has 0 aromatic heterocycles. The molecule has 2 atom stereocenters. The number of aliphatic carboxylic acids is 1. The van der Waals surface area contributed by atoms with Gasteiger partial charge < -0.3 is 10.0 Å². The lowest BCUT2D eigenvalue weighted by Crippen LogP contribution is -2.33. The summed E-state index contributed by atoms with van der Waals surface area (Å²) in [5.74, 6) is -0.434. The summed E-state index contributed by atoms with van der Waals surface area (Å²) in [5, 5.41) is 8.83. The number of carbonyl (C=O) groups excluding carboxylic acids is 1. The number of rotatable bonds is 14. The molecule has 1 N–H and O–H groups in total. The molecule has 0 bridgehead atoms. The van der Waals surface area contributed by atoms with E-state index in [4.69, 9.17) is 5.11 Å². The van der Waals surface area contributed by atoms with Crippen LogP contribution in [-0.4, -0.2) is 35.0 Å². The molecule has 1 rings (SSSR count). The fourth-order valence-corrected chi connectivity index (χ4v) is 3.77. The Balaban J connectivity index is 2.03. The first-order valence-electron chi connectivity index (χ1n) is 10.1. The molecule has 1 saturated heterocycles. The third-order valence-electron chi connectivity index (χ3n) is 5.36. The Morgan fingerprint density at radius 2 is 1.62 bits per heavy atom. The second-order valence-electron chi connectivity index (χ2n) is 7.50. The lowest BCUT2D eigenvalue weighted by molar-refractivity contribution is -0.144. The fourth-order valence-electron chi connectivity index (χ4n) is 3.77. The van der Waals surface area contributed by atoms with Crippen molar-refractivity contribution >= 4 is 11.9 Å². The maximum Gasteiger partial charge on any atom is 0.323 e. The van der Waals surface area contributed by atoms with Gasteiger partial charge in [0.15, 0.2) is 0 Å². The molecule has 1 fully saturated rings. The summed E-state index contributed by atoms with van der Waals surface area (Å²) in [5.41, 5.74) is 0. The minimum atomic E-state index is -0.911. The second kappa shape index (κ2) is 12.3. The molecule has 1 heterocycles. The van der Waals surface area contributed by atoms with E-state index in [2.05, 4.69) is 13.8 Å². The van der Waals surface area contributed by atoms with Gasteiger partial charge in [0.2, 0.25) is 5.91 Å². The van der Waals surface area contributed by atoms with E-state index in [-0.39, 0.29) is 18.4 Å². The monoisotopic (exact) mass is 339 g/mol. The van der Waals surface area contributed by atoms with Gasteiger partial charge in [-0.15, -0.1) is 0 Å². The van der Waals surface area contributed by atoms with Crippen molar-refractivity contribution in [2.75, 3.05) is 13.1 Å². The standard InChI is InChI=1S/C20H37NO3/c1-3-4-5-6-7-8-9-10-11-12-13-17(2)18-14-15-21(20(18)24)16-19(22)23/h17-18H,3-16H2,1-2H3,(H,22,23). The minimum Gasteiger partial charge on any atom is -0.480 e. The first-order chi connectivity index (χ1) is 11.6. The number of hydrogen-bond donors (Lipinski definition) is 1. The van der Waals surface area contributed by atoms with Gasteiger partial charge in [0, 0.05) is 12.5 Å². The van der Waals surface area contributed by atoms with E-state index in [1.54, 1.807) is 0 Å². The van der Waals surface area contributed by atoms with E-state index < -0.39 is 5.97 Å². The number of carboxylic acids is 1. The van der Waals surface area contributed by atoms with Crippen molar-refractivity contribution in [2.45, 2.75) is 90.9 Å². The largest absolute Gasteiger partial charge is 0.480 e. The summed E-state index contributed by atoms with van der Waals surface area (Å²) in [6.07, 6.45) is 15.2.